The quantitative estimate of drug-likeness (QED) is 0.899. The van der Waals surface area contributed by atoms with Gasteiger partial charge in [-0.1, -0.05) is 6.07 Å². The first-order chi connectivity index (χ1) is 8.69. The van der Waals surface area contributed by atoms with Gasteiger partial charge >= 0.3 is 0 Å². The van der Waals surface area contributed by atoms with Crippen LogP contribution in [0.1, 0.15) is 11.3 Å². The summed E-state index contributed by atoms with van der Waals surface area (Å²) in [5.41, 5.74) is 2.80. The molecule has 2 aromatic rings. The fourth-order valence-electron chi connectivity index (χ4n) is 1.60. The lowest BCUT2D eigenvalue weighted by molar-refractivity contribution is 0.413. The molecule has 0 aliphatic rings. The van der Waals surface area contributed by atoms with Gasteiger partial charge in [0.2, 0.25) is 0 Å². The summed E-state index contributed by atoms with van der Waals surface area (Å²) in [5, 5.41) is 3.17. The molecule has 1 aromatic carbocycles. The molecule has 18 heavy (non-hydrogen) atoms. The Bertz CT molecular complexity index is 526. The normalized spacial score (nSPS) is 10.2. The summed E-state index contributed by atoms with van der Waals surface area (Å²) in [6, 6.07) is 8.37. The van der Waals surface area contributed by atoms with Gasteiger partial charge in [0, 0.05) is 12.3 Å². The smallest absolute Gasteiger partial charge is 0.144 e. The fraction of sp³-hybridized carbons (Fsp3) is 0.214. The minimum atomic E-state index is -0.314. The number of aromatic nitrogens is 1. The van der Waals surface area contributed by atoms with Crippen molar-refractivity contribution in [3.8, 4) is 5.75 Å². The van der Waals surface area contributed by atoms with E-state index in [1.165, 1.54) is 19.2 Å². The van der Waals surface area contributed by atoms with Gasteiger partial charge in [0.1, 0.15) is 11.6 Å². The molecule has 1 aromatic heterocycles. The average molecular weight is 246 g/mol. The predicted octanol–water partition coefficient (Wildman–Crippen LogP) is 3.15. The zero-order valence-corrected chi connectivity index (χ0v) is 10.4. The van der Waals surface area contributed by atoms with E-state index in [0.717, 1.165) is 16.9 Å². The number of halogens is 1. The van der Waals surface area contributed by atoms with Crippen molar-refractivity contribution in [2.75, 3.05) is 12.4 Å². The zero-order valence-electron chi connectivity index (χ0n) is 10.4. The first kappa shape index (κ1) is 12.4. The largest absolute Gasteiger partial charge is 0.494 e. The SMILES string of the molecule is COc1cc(F)ccc1NCc1ccc(C)cn1. The van der Waals surface area contributed by atoms with Crippen molar-refractivity contribution in [1.82, 2.24) is 4.98 Å². The number of hydrogen-bond acceptors (Lipinski definition) is 3. The first-order valence-electron chi connectivity index (χ1n) is 5.68. The molecular weight excluding hydrogens is 231 g/mol. The highest BCUT2D eigenvalue weighted by atomic mass is 19.1. The van der Waals surface area contributed by atoms with Gasteiger partial charge in [-0.15, -0.1) is 0 Å². The molecule has 1 N–H and O–H groups in total. The fourth-order valence-corrected chi connectivity index (χ4v) is 1.60. The lowest BCUT2D eigenvalue weighted by Crippen LogP contribution is -2.03. The van der Waals surface area contributed by atoms with Crippen molar-refractivity contribution in [2.24, 2.45) is 0 Å². The van der Waals surface area contributed by atoms with Crippen molar-refractivity contribution < 1.29 is 9.13 Å². The Kier molecular flexibility index (Phi) is 3.77. The number of methoxy groups -OCH3 is 1. The number of anilines is 1. The van der Waals surface area contributed by atoms with Crippen LogP contribution in [-0.4, -0.2) is 12.1 Å². The molecule has 0 unspecified atom stereocenters. The monoisotopic (exact) mass is 246 g/mol. The second kappa shape index (κ2) is 5.49. The molecule has 0 amide bonds. The number of pyridine rings is 1. The predicted molar refractivity (Wildman–Crippen MR) is 69.3 cm³/mol. The maximum Gasteiger partial charge on any atom is 0.144 e. The molecule has 0 bridgehead atoms. The second-order valence-corrected chi connectivity index (χ2v) is 4.03. The second-order valence-electron chi connectivity index (χ2n) is 4.03. The van der Waals surface area contributed by atoms with E-state index in [9.17, 15) is 4.39 Å². The van der Waals surface area contributed by atoms with Crippen molar-refractivity contribution in [3.63, 3.8) is 0 Å². The van der Waals surface area contributed by atoms with E-state index in [0.29, 0.717) is 12.3 Å². The van der Waals surface area contributed by atoms with Crippen molar-refractivity contribution in [3.05, 3.63) is 53.6 Å². The van der Waals surface area contributed by atoms with E-state index >= 15 is 0 Å². The number of aryl methyl sites for hydroxylation is 1. The molecule has 0 aliphatic carbocycles. The molecule has 2 rings (SSSR count). The number of nitrogens with one attached hydrogen (secondary N) is 1. The molecule has 0 aliphatic heterocycles. The van der Waals surface area contributed by atoms with Gasteiger partial charge in [0.25, 0.3) is 0 Å². The maximum atomic E-state index is 13.0. The van der Waals surface area contributed by atoms with Crippen LogP contribution in [0.15, 0.2) is 36.5 Å². The van der Waals surface area contributed by atoms with E-state index < -0.39 is 0 Å². The minimum absolute atomic E-state index is 0.314. The minimum Gasteiger partial charge on any atom is -0.494 e. The number of hydrogen-bond donors (Lipinski definition) is 1. The third-order valence-electron chi connectivity index (χ3n) is 2.60. The van der Waals surface area contributed by atoms with E-state index in [4.69, 9.17) is 4.74 Å². The molecule has 1 heterocycles. The van der Waals surface area contributed by atoms with Crippen LogP contribution in [0.2, 0.25) is 0 Å². The van der Waals surface area contributed by atoms with Crippen molar-refractivity contribution >= 4 is 5.69 Å². The van der Waals surface area contributed by atoms with Crippen molar-refractivity contribution in [2.45, 2.75) is 13.5 Å². The van der Waals surface area contributed by atoms with Gasteiger partial charge in [-0.3, -0.25) is 4.98 Å². The van der Waals surface area contributed by atoms with E-state index in [-0.39, 0.29) is 5.82 Å². The van der Waals surface area contributed by atoms with Crippen LogP contribution in [-0.2, 0) is 6.54 Å². The third-order valence-corrected chi connectivity index (χ3v) is 2.60. The van der Waals surface area contributed by atoms with Gasteiger partial charge in [0.15, 0.2) is 0 Å². The van der Waals surface area contributed by atoms with E-state index in [1.807, 2.05) is 25.3 Å². The molecule has 0 radical (unpaired) electrons. The van der Waals surface area contributed by atoms with E-state index in [1.54, 1.807) is 6.07 Å². The average Bonchev–Trinajstić information content (AvgIpc) is 2.39. The first-order valence-corrected chi connectivity index (χ1v) is 5.68. The summed E-state index contributed by atoms with van der Waals surface area (Å²) in [7, 11) is 1.52. The van der Waals surface area contributed by atoms with Crippen LogP contribution in [0.4, 0.5) is 10.1 Å². The standard InChI is InChI=1S/C14H15FN2O/c1-10-3-5-12(16-8-10)9-17-13-6-4-11(15)7-14(13)18-2/h3-8,17H,9H2,1-2H3. The molecule has 3 nitrogen and oxygen atoms in total. The number of nitrogens with zero attached hydrogens (tertiary/aromatic N) is 1. The van der Waals surface area contributed by atoms with Crippen LogP contribution in [0, 0.1) is 12.7 Å². The van der Waals surface area contributed by atoms with Crippen molar-refractivity contribution in [1.29, 1.82) is 0 Å². The van der Waals surface area contributed by atoms with Gasteiger partial charge in [-0.25, -0.2) is 4.39 Å². The van der Waals surface area contributed by atoms with Crippen LogP contribution >= 0.6 is 0 Å². The van der Waals surface area contributed by atoms with Crippen LogP contribution < -0.4 is 10.1 Å². The molecule has 94 valence electrons. The number of rotatable bonds is 4. The highest BCUT2D eigenvalue weighted by Gasteiger charge is 2.04. The number of ether oxygens (including phenoxy) is 1. The lowest BCUT2D eigenvalue weighted by Gasteiger charge is -2.10. The number of benzene rings is 1. The Morgan fingerprint density at radius 1 is 1.28 bits per heavy atom. The summed E-state index contributed by atoms with van der Waals surface area (Å²) in [6.07, 6.45) is 1.82. The topological polar surface area (TPSA) is 34.1 Å². The third kappa shape index (κ3) is 2.97. The molecule has 4 heteroatoms. The van der Waals surface area contributed by atoms with Crippen LogP contribution in [0.3, 0.4) is 0 Å². The Morgan fingerprint density at radius 2 is 2.11 bits per heavy atom. The van der Waals surface area contributed by atoms with Gasteiger partial charge < -0.3 is 10.1 Å². The summed E-state index contributed by atoms with van der Waals surface area (Å²) in [4.78, 5) is 4.29. The Morgan fingerprint density at radius 3 is 2.78 bits per heavy atom. The van der Waals surface area contributed by atoms with Crippen LogP contribution in [0.25, 0.3) is 0 Å². The Balaban J connectivity index is 2.08. The highest BCUT2D eigenvalue weighted by molar-refractivity contribution is 5.56. The van der Waals surface area contributed by atoms with Gasteiger partial charge in [-0.05, 0) is 30.7 Å². The summed E-state index contributed by atoms with van der Waals surface area (Å²) >= 11 is 0. The lowest BCUT2D eigenvalue weighted by atomic mass is 10.2. The van der Waals surface area contributed by atoms with Crippen LogP contribution in [0.5, 0.6) is 5.75 Å². The Labute approximate surface area is 106 Å². The molecule has 0 atom stereocenters. The summed E-state index contributed by atoms with van der Waals surface area (Å²) in [6.45, 7) is 2.56. The molecule has 0 saturated carbocycles. The summed E-state index contributed by atoms with van der Waals surface area (Å²) < 4.78 is 18.1. The zero-order chi connectivity index (χ0) is 13.0. The molecular formula is C14H15FN2O. The van der Waals surface area contributed by atoms with E-state index in [2.05, 4.69) is 10.3 Å². The maximum absolute atomic E-state index is 13.0. The highest BCUT2D eigenvalue weighted by Crippen LogP contribution is 2.25. The van der Waals surface area contributed by atoms with Gasteiger partial charge in [-0.2, -0.15) is 0 Å². The summed E-state index contributed by atoms with van der Waals surface area (Å²) in [5.74, 6) is 0.174. The Hall–Kier alpha value is -2.10. The molecule has 0 spiro atoms. The molecule has 0 fully saturated rings. The molecule has 0 saturated heterocycles. The van der Waals surface area contributed by atoms with Gasteiger partial charge in [0.05, 0.1) is 25.0 Å².